The average molecular weight is 221 g/mol. The van der Waals surface area contributed by atoms with Gasteiger partial charge in [-0.2, -0.15) is 0 Å². The molecular weight excluding hydrogens is 202 g/mol. The molecule has 0 aliphatic rings. The number of ether oxygens (including phenoxy) is 1. The lowest BCUT2D eigenvalue weighted by Crippen LogP contribution is -2.06. The van der Waals surface area contributed by atoms with Gasteiger partial charge in [-0.25, -0.2) is 9.97 Å². The number of aromatic nitrogens is 2. The molecule has 0 aliphatic carbocycles. The van der Waals surface area contributed by atoms with Crippen LogP contribution in [0.2, 0.25) is 0 Å². The minimum atomic E-state index is 0.614. The first kappa shape index (κ1) is 12.5. The third-order valence-corrected chi connectivity index (χ3v) is 2.26. The van der Waals surface area contributed by atoms with Crippen LogP contribution in [-0.4, -0.2) is 23.6 Å². The normalized spacial score (nSPS) is 9.94. The van der Waals surface area contributed by atoms with Crippen LogP contribution in [-0.2, 0) is 6.42 Å². The minimum Gasteiger partial charge on any atom is -0.477 e. The monoisotopic (exact) mass is 221 g/mol. The standard InChI is InChI=1S/C12H19N3O/c1-5-10-11(13-4)14-8-15-12(10)16-7-6-9(2)3/h8H,2,5-7H2,1,3-4H3,(H,13,14,15). The van der Waals surface area contributed by atoms with Gasteiger partial charge in [0.25, 0.3) is 0 Å². The Morgan fingerprint density at radius 2 is 2.25 bits per heavy atom. The molecular formula is C12H19N3O. The lowest BCUT2D eigenvalue weighted by Gasteiger charge is -2.11. The quantitative estimate of drug-likeness (QED) is 0.749. The summed E-state index contributed by atoms with van der Waals surface area (Å²) in [4.78, 5) is 8.30. The molecule has 0 fully saturated rings. The average Bonchev–Trinajstić information content (AvgIpc) is 2.28. The van der Waals surface area contributed by atoms with Crippen molar-refractivity contribution in [2.75, 3.05) is 19.0 Å². The van der Waals surface area contributed by atoms with Crippen molar-refractivity contribution in [3.8, 4) is 5.88 Å². The van der Waals surface area contributed by atoms with Gasteiger partial charge in [-0.1, -0.05) is 12.5 Å². The van der Waals surface area contributed by atoms with Crippen molar-refractivity contribution < 1.29 is 4.74 Å². The van der Waals surface area contributed by atoms with E-state index >= 15 is 0 Å². The zero-order valence-electron chi connectivity index (χ0n) is 10.2. The molecule has 0 radical (unpaired) electrons. The Morgan fingerprint density at radius 1 is 1.50 bits per heavy atom. The molecule has 0 atom stereocenters. The van der Waals surface area contributed by atoms with Crippen LogP contribution < -0.4 is 10.1 Å². The van der Waals surface area contributed by atoms with E-state index in [1.165, 1.54) is 6.33 Å². The van der Waals surface area contributed by atoms with Crippen molar-refractivity contribution in [1.29, 1.82) is 0 Å². The maximum absolute atomic E-state index is 5.63. The Balaban J connectivity index is 2.74. The van der Waals surface area contributed by atoms with E-state index < -0.39 is 0 Å². The summed E-state index contributed by atoms with van der Waals surface area (Å²) < 4.78 is 5.63. The van der Waals surface area contributed by atoms with Gasteiger partial charge in [0, 0.05) is 13.5 Å². The molecule has 1 aromatic heterocycles. The van der Waals surface area contributed by atoms with E-state index in [0.29, 0.717) is 12.5 Å². The number of nitrogens with zero attached hydrogens (tertiary/aromatic N) is 2. The Labute approximate surface area is 96.8 Å². The van der Waals surface area contributed by atoms with E-state index in [4.69, 9.17) is 4.74 Å². The van der Waals surface area contributed by atoms with Gasteiger partial charge in [0.1, 0.15) is 12.1 Å². The highest BCUT2D eigenvalue weighted by Crippen LogP contribution is 2.22. The Hall–Kier alpha value is -1.58. The molecule has 1 rings (SSSR count). The fourth-order valence-corrected chi connectivity index (χ4v) is 1.38. The number of rotatable bonds is 6. The van der Waals surface area contributed by atoms with Crippen LogP contribution in [0.3, 0.4) is 0 Å². The Morgan fingerprint density at radius 3 is 2.81 bits per heavy atom. The molecule has 0 spiro atoms. The topological polar surface area (TPSA) is 47.0 Å². The van der Waals surface area contributed by atoms with Crippen LogP contribution in [0.25, 0.3) is 0 Å². The van der Waals surface area contributed by atoms with E-state index in [1.54, 1.807) is 0 Å². The van der Waals surface area contributed by atoms with Crippen molar-refractivity contribution in [3.63, 3.8) is 0 Å². The van der Waals surface area contributed by atoms with Crippen molar-refractivity contribution in [1.82, 2.24) is 9.97 Å². The maximum atomic E-state index is 5.63. The second-order valence-corrected chi connectivity index (χ2v) is 3.67. The first-order valence-corrected chi connectivity index (χ1v) is 5.47. The highest BCUT2D eigenvalue weighted by atomic mass is 16.5. The highest BCUT2D eigenvalue weighted by Gasteiger charge is 2.09. The van der Waals surface area contributed by atoms with E-state index in [1.807, 2.05) is 14.0 Å². The van der Waals surface area contributed by atoms with Crippen LogP contribution in [0, 0.1) is 0 Å². The molecule has 0 saturated carbocycles. The molecule has 1 heterocycles. The van der Waals surface area contributed by atoms with Crippen molar-refractivity contribution in [2.45, 2.75) is 26.7 Å². The summed E-state index contributed by atoms with van der Waals surface area (Å²) in [5.74, 6) is 1.51. The zero-order chi connectivity index (χ0) is 12.0. The first-order chi connectivity index (χ1) is 7.69. The smallest absolute Gasteiger partial charge is 0.221 e. The number of anilines is 1. The van der Waals surface area contributed by atoms with Crippen molar-refractivity contribution in [2.24, 2.45) is 0 Å². The molecule has 1 N–H and O–H groups in total. The summed E-state index contributed by atoms with van der Waals surface area (Å²) >= 11 is 0. The fraction of sp³-hybridized carbons (Fsp3) is 0.500. The van der Waals surface area contributed by atoms with Gasteiger partial charge in [0.05, 0.1) is 12.2 Å². The summed E-state index contributed by atoms with van der Waals surface area (Å²) in [6, 6.07) is 0. The van der Waals surface area contributed by atoms with Crippen LogP contribution in [0.1, 0.15) is 25.8 Å². The van der Waals surface area contributed by atoms with Gasteiger partial charge in [0.15, 0.2) is 0 Å². The van der Waals surface area contributed by atoms with Gasteiger partial charge in [-0.15, -0.1) is 6.58 Å². The molecule has 0 saturated heterocycles. The largest absolute Gasteiger partial charge is 0.477 e. The second kappa shape index (κ2) is 6.10. The summed E-state index contributed by atoms with van der Waals surface area (Å²) in [5, 5.41) is 3.04. The second-order valence-electron chi connectivity index (χ2n) is 3.67. The molecule has 4 heteroatoms. The summed E-state index contributed by atoms with van der Waals surface area (Å²) in [5.41, 5.74) is 2.13. The summed E-state index contributed by atoms with van der Waals surface area (Å²) in [6.07, 6.45) is 3.21. The molecule has 0 amide bonds. The third-order valence-electron chi connectivity index (χ3n) is 2.26. The molecule has 1 aromatic rings. The van der Waals surface area contributed by atoms with Crippen LogP contribution in [0.4, 0.5) is 5.82 Å². The predicted octanol–water partition coefficient (Wildman–Crippen LogP) is 2.43. The fourth-order valence-electron chi connectivity index (χ4n) is 1.38. The summed E-state index contributed by atoms with van der Waals surface area (Å²) in [7, 11) is 1.85. The van der Waals surface area contributed by atoms with E-state index in [-0.39, 0.29) is 0 Å². The van der Waals surface area contributed by atoms with Gasteiger partial charge in [-0.3, -0.25) is 0 Å². The van der Waals surface area contributed by atoms with E-state index in [0.717, 1.165) is 29.8 Å². The first-order valence-electron chi connectivity index (χ1n) is 5.47. The van der Waals surface area contributed by atoms with Crippen LogP contribution in [0.5, 0.6) is 5.88 Å². The third kappa shape index (κ3) is 3.22. The molecule has 4 nitrogen and oxygen atoms in total. The van der Waals surface area contributed by atoms with Crippen molar-refractivity contribution >= 4 is 5.82 Å². The van der Waals surface area contributed by atoms with E-state index in [9.17, 15) is 0 Å². The van der Waals surface area contributed by atoms with Gasteiger partial charge >= 0.3 is 0 Å². The number of hydrogen-bond acceptors (Lipinski definition) is 4. The van der Waals surface area contributed by atoms with Gasteiger partial charge in [0.2, 0.25) is 5.88 Å². The maximum Gasteiger partial charge on any atom is 0.221 e. The molecule has 0 aliphatic heterocycles. The number of nitrogens with one attached hydrogen (secondary N) is 1. The van der Waals surface area contributed by atoms with Gasteiger partial charge in [-0.05, 0) is 13.3 Å². The predicted molar refractivity (Wildman–Crippen MR) is 65.9 cm³/mol. The number of hydrogen-bond donors (Lipinski definition) is 1. The Kier molecular flexibility index (Phi) is 4.76. The van der Waals surface area contributed by atoms with Crippen molar-refractivity contribution in [3.05, 3.63) is 24.0 Å². The SMILES string of the molecule is C=C(C)CCOc1ncnc(NC)c1CC. The highest BCUT2D eigenvalue weighted by molar-refractivity contribution is 5.48. The van der Waals surface area contributed by atoms with E-state index in [2.05, 4.69) is 28.8 Å². The zero-order valence-corrected chi connectivity index (χ0v) is 10.2. The molecule has 0 aromatic carbocycles. The molecule has 0 unspecified atom stereocenters. The molecule has 88 valence electrons. The molecule has 0 bridgehead atoms. The Bertz CT molecular complexity index is 363. The minimum absolute atomic E-state index is 0.614. The van der Waals surface area contributed by atoms with Crippen LogP contribution >= 0.6 is 0 Å². The lowest BCUT2D eigenvalue weighted by molar-refractivity contribution is 0.305. The molecule has 16 heavy (non-hydrogen) atoms. The summed E-state index contributed by atoms with van der Waals surface area (Å²) in [6.45, 7) is 8.50. The van der Waals surface area contributed by atoms with Crippen LogP contribution in [0.15, 0.2) is 18.5 Å². The van der Waals surface area contributed by atoms with Gasteiger partial charge < -0.3 is 10.1 Å². The lowest BCUT2D eigenvalue weighted by atomic mass is 10.2.